The fraction of sp³-hybridized carbons (Fsp3) is 1.00. The summed E-state index contributed by atoms with van der Waals surface area (Å²) in [6.45, 7) is 17.1. The van der Waals surface area contributed by atoms with Gasteiger partial charge in [-0.2, -0.15) is 0 Å². The molecule has 0 aromatic rings. The second-order valence-corrected chi connectivity index (χ2v) is 8.80. The molecule has 3 atom stereocenters. The summed E-state index contributed by atoms with van der Waals surface area (Å²) in [4.78, 5) is 0. The Hall–Kier alpha value is -0.0800. The molecule has 3 unspecified atom stereocenters. The van der Waals surface area contributed by atoms with E-state index in [1.54, 1.807) is 0 Å². The van der Waals surface area contributed by atoms with E-state index in [4.69, 9.17) is 4.74 Å². The maximum Gasteiger partial charge on any atom is 0.0586 e. The van der Waals surface area contributed by atoms with E-state index in [1.807, 2.05) is 0 Å². The van der Waals surface area contributed by atoms with Crippen LogP contribution in [0.2, 0.25) is 0 Å². The molecule has 0 aromatic carbocycles. The van der Waals surface area contributed by atoms with Gasteiger partial charge in [-0.25, -0.2) is 0 Å². The molecule has 1 rings (SSSR count). The third kappa shape index (κ3) is 7.64. The predicted molar refractivity (Wildman–Crippen MR) is 88.1 cm³/mol. The van der Waals surface area contributed by atoms with E-state index >= 15 is 0 Å². The average molecular weight is 284 g/mol. The van der Waals surface area contributed by atoms with E-state index in [1.165, 1.54) is 25.7 Å². The van der Waals surface area contributed by atoms with E-state index in [0.717, 1.165) is 18.9 Å². The van der Waals surface area contributed by atoms with Gasteiger partial charge in [0.2, 0.25) is 0 Å². The quantitative estimate of drug-likeness (QED) is 0.709. The molecule has 120 valence electrons. The molecule has 0 radical (unpaired) electrons. The Labute approximate surface area is 127 Å². The van der Waals surface area contributed by atoms with Gasteiger partial charge in [-0.05, 0) is 77.7 Å². The molecule has 0 aliphatic heterocycles. The zero-order valence-corrected chi connectivity index (χ0v) is 14.9. The van der Waals surface area contributed by atoms with Crippen molar-refractivity contribution in [1.29, 1.82) is 0 Å². The molecule has 2 heteroatoms. The minimum absolute atomic E-state index is 0.229. The molecule has 0 heterocycles. The number of nitrogens with one attached hydrogen (secondary N) is 1. The van der Waals surface area contributed by atoms with Crippen molar-refractivity contribution in [1.82, 2.24) is 5.32 Å². The predicted octanol–water partition coefficient (Wildman–Crippen LogP) is 4.77. The molecule has 1 fully saturated rings. The first-order valence-electron chi connectivity index (χ1n) is 8.48. The summed E-state index contributed by atoms with van der Waals surface area (Å²) in [5.41, 5.74) is 0.683. The van der Waals surface area contributed by atoms with Gasteiger partial charge in [0.1, 0.15) is 0 Å². The summed E-state index contributed by atoms with van der Waals surface area (Å²) >= 11 is 0. The molecule has 2 nitrogen and oxygen atoms in total. The molecule has 0 saturated heterocycles. The van der Waals surface area contributed by atoms with Crippen LogP contribution in [0.5, 0.6) is 0 Å². The molecule has 1 aliphatic rings. The van der Waals surface area contributed by atoms with Crippen molar-refractivity contribution in [3.05, 3.63) is 0 Å². The molecule has 0 amide bonds. The summed E-state index contributed by atoms with van der Waals surface area (Å²) < 4.78 is 6.30. The lowest BCUT2D eigenvalue weighted by Crippen LogP contribution is -2.37. The van der Waals surface area contributed by atoms with Crippen molar-refractivity contribution in [2.24, 2.45) is 11.3 Å². The third-order valence-electron chi connectivity index (χ3n) is 4.21. The van der Waals surface area contributed by atoms with Crippen molar-refractivity contribution < 1.29 is 4.74 Å². The molecule has 0 aromatic heterocycles. The van der Waals surface area contributed by atoms with Crippen LogP contribution in [0.25, 0.3) is 0 Å². The van der Waals surface area contributed by atoms with Crippen LogP contribution in [-0.4, -0.2) is 24.3 Å². The Morgan fingerprint density at radius 2 is 1.90 bits per heavy atom. The zero-order chi connectivity index (χ0) is 15.4. The van der Waals surface area contributed by atoms with E-state index < -0.39 is 0 Å². The van der Waals surface area contributed by atoms with E-state index in [2.05, 4.69) is 53.8 Å². The summed E-state index contributed by atoms with van der Waals surface area (Å²) in [6.07, 6.45) is 7.03. The summed E-state index contributed by atoms with van der Waals surface area (Å²) in [6, 6.07) is 0. The SMILES string of the molecule is CC1CC(OC(C)CCCNC(C)(C)C)CC(C)(C)C1. The minimum Gasteiger partial charge on any atom is -0.375 e. The second-order valence-electron chi connectivity index (χ2n) is 8.80. The fourth-order valence-electron chi connectivity index (χ4n) is 3.61. The van der Waals surface area contributed by atoms with Crippen LogP contribution in [0.3, 0.4) is 0 Å². The normalized spacial score (nSPS) is 28.4. The largest absolute Gasteiger partial charge is 0.375 e. The molecule has 1 aliphatic carbocycles. The smallest absolute Gasteiger partial charge is 0.0586 e. The van der Waals surface area contributed by atoms with Crippen LogP contribution in [0, 0.1) is 11.3 Å². The Bertz CT molecular complexity index is 280. The van der Waals surface area contributed by atoms with E-state index in [0.29, 0.717) is 17.6 Å². The summed E-state index contributed by atoms with van der Waals surface area (Å²) in [7, 11) is 0. The molecule has 20 heavy (non-hydrogen) atoms. The van der Waals surface area contributed by atoms with Gasteiger partial charge in [0, 0.05) is 5.54 Å². The zero-order valence-electron chi connectivity index (χ0n) is 14.9. The molecular weight excluding hydrogens is 246 g/mol. The van der Waals surface area contributed by atoms with Crippen LogP contribution >= 0.6 is 0 Å². The van der Waals surface area contributed by atoms with Gasteiger partial charge < -0.3 is 10.1 Å². The van der Waals surface area contributed by atoms with Crippen molar-refractivity contribution in [3.8, 4) is 0 Å². The number of hydrogen-bond acceptors (Lipinski definition) is 2. The van der Waals surface area contributed by atoms with Gasteiger partial charge >= 0.3 is 0 Å². The van der Waals surface area contributed by atoms with E-state index in [-0.39, 0.29) is 5.54 Å². The van der Waals surface area contributed by atoms with Gasteiger partial charge in [0.25, 0.3) is 0 Å². The molecule has 1 saturated carbocycles. The fourth-order valence-corrected chi connectivity index (χ4v) is 3.61. The molecule has 0 bridgehead atoms. The number of rotatable bonds is 6. The van der Waals surface area contributed by atoms with Gasteiger partial charge in [0.05, 0.1) is 12.2 Å². The minimum atomic E-state index is 0.229. The highest BCUT2D eigenvalue weighted by atomic mass is 16.5. The lowest BCUT2D eigenvalue weighted by Gasteiger charge is -2.39. The standard InChI is InChI=1S/C18H37NO/c1-14-11-16(13-18(6,7)12-14)20-15(2)9-8-10-19-17(3,4)5/h14-16,19H,8-13H2,1-7H3. The molecule has 0 spiro atoms. The average Bonchev–Trinajstić information content (AvgIpc) is 2.19. The van der Waals surface area contributed by atoms with E-state index in [9.17, 15) is 0 Å². The lowest BCUT2D eigenvalue weighted by atomic mass is 9.71. The number of ether oxygens (including phenoxy) is 1. The molecular formula is C18H37NO. The highest BCUT2D eigenvalue weighted by Gasteiger charge is 2.33. The topological polar surface area (TPSA) is 21.3 Å². The maximum atomic E-state index is 6.30. The Morgan fingerprint density at radius 3 is 2.45 bits per heavy atom. The summed E-state index contributed by atoms with van der Waals surface area (Å²) in [5.74, 6) is 0.804. The first-order chi connectivity index (χ1) is 9.07. The number of hydrogen-bond donors (Lipinski definition) is 1. The van der Waals surface area contributed by atoms with Crippen molar-refractivity contribution >= 4 is 0 Å². The molecule has 1 N–H and O–H groups in total. The Kier molecular flexibility index (Phi) is 6.53. The summed E-state index contributed by atoms with van der Waals surface area (Å²) in [5, 5.41) is 3.55. The first-order valence-corrected chi connectivity index (χ1v) is 8.48. The highest BCUT2D eigenvalue weighted by Crippen LogP contribution is 2.40. The maximum absolute atomic E-state index is 6.30. The lowest BCUT2D eigenvalue weighted by molar-refractivity contribution is -0.0614. The van der Waals surface area contributed by atoms with Crippen LogP contribution in [0.1, 0.15) is 80.6 Å². The van der Waals surface area contributed by atoms with Crippen LogP contribution in [0.4, 0.5) is 0 Å². The van der Waals surface area contributed by atoms with Crippen LogP contribution in [0.15, 0.2) is 0 Å². The monoisotopic (exact) mass is 283 g/mol. The van der Waals surface area contributed by atoms with Crippen LogP contribution in [-0.2, 0) is 4.74 Å². The third-order valence-corrected chi connectivity index (χ3v) is 4.21. The first kappa shape index (κ1) is 18.0. The van der Waals surface area contributed by atoms with Crippen molar-refractivity contribution in [2.75, 3.05) is 6.54 Å². The van der Waals surface area contributed by atoms with Crippen LogP contribution < -0.4 is 5.32 Å². The second kappa shape index (κ2) is 7.26. The Morgan fingerprint density at radius 1 is 1.25 bits per heavy atom. The van der Waals surface area contributed by atoms with Gasteiger partial charge in [-0.1, -0.05) is 20.8 Å². The van der Waals surface area contributed by atoms with Gasteiger partial charge in [-0.3, -0.25) is 0 Å². The van der Waals surface area contributed by atoms with Gasteiger partial charge in [0.15, 0.2) is 0 Å². The highest BCUT2D eigenvalue weighted by molar-refractivity contribution is 4.83. The van der Waals surface area contributed by atoms with Gasteiger partial charge in [-0.15, -0.1) is 0 Å². The van der Waals surface area contributed by atoms with Crippen molar-refractivity contribution in [3.63, 3.8) is 0 Å². The van der Waals surface area contributed by atoms with Crippen molar-refractivity contribution in [2.45, 2.75) is 98.3 Å². The Balaban J connectivity index is 2.23.